The third-order valence-electron chi connectivity index (χ3n) is 5.45. The minimum Gasteiger partial charge on any atom is -0.510 e. The van der Waals surface area contributed by atoms with Crippen LogP contribution in [0.5, 0.6) is 0 Å². The summed E-state index contributed by atoms with van der Waals surface area (Å²) in [6.07, 6.45) is 3.14. The number of benzene rings is 1. The monoisotopic (exact) mass is 466 g/mol. The highest BCUT2D eigenvalue weighted by molar-refractivity contribution is 7.99. The first kappa shape index (κ1) is 22.8. The fourth-order valence-corrected chi connectivity index (χ4v) is 4.39. The number of rotatable bonds is 8. The number of hydrogen-bond acceptors (Lipinski definition) is 8. The summed E-state index contributed by atoms with van der Waals surface area (Å²) >= 11 is 1.21. The average Bonchev–Trinajstić information content (AvgIpc) is 3.41. The van der Waals surface area contributed by atoms with E-state index in [1.807, 2.05) is 38.1 Å². The van der Waals surface area contributed by atoms with E-state index in [1.165, 1.54) is 24.4 Å². The number of carbonyl (C=O) groups excluding carboxylic acids is 1. The highest BCUT2D eigenvalue weighted by atomic mass is 32.2. The lowest BCUT2D eigenvalue weighted by Crippen LogP contribution is -2.09. The van der Waals surface area contributed by atoms with Crippen LogP contribution in [0.3, 0.4) is 0 Å². The smallest absolute Gasteiger partial charge is 0.345 e. The van der Waals surface area contributed by atoms with Gasteiger partial charge in [-0.05, 0) is 44.4 Å². The molecular weight excluding hydrogens is 440 g/mol. The van der Waals surface area contributed by atoms with Gasteiger partial charge in [0.25, 0.3) is 5.78 Å². The number of nitrogens with one attached hydrogen (secondary N) is 1. The molecule has 0 amide bonds. The minimum absolute atomic E-state index is 0.0167. The van der Waals surface area contributed by atoms with Gasteiger partial charge in [-0.15, -0.1) is 5.10 Å². The van der Waals surface area contributed by atoms with Crippen LogP contribution in [0.15, 0.2) is 35.2 Å². The number of aromatic amines is 1. The predicted molar refractivity (Wildman–Crippen MR) is 127 cm³/mol. The maximum atomic E-state index is 12.4. The van der Waals surface area contributed by atoms with Crippen molar-refractivity contribution in [3.05, 3.63) is 52.8 Å². The van der Waals surface area contributed by atoms with Crippen LogP contribution in [0.4, 0.5) is 0 Å². The van der Waals surface area contributed by atoms with Gasteiger partial charge in [0, 0.05) is 11.4 Å². The van der Waals surface area contributed by atoms with Crippen LogP contribution < -0.4 is 0 Å². The summed E-state index contributed by atoms with van der Waals surface area (Å²) in [5, 5.41) is 15.8. The summed E-state index contributed by atoms with van der Waals surface area (Å²) in [5.74, 6) is -0.0170. The molecular formula is C23H26N6O3S. The Kier molecular flexibility index (Phi) is 6.64. The Morgan fingerprint density at radius 2 is 2.00 bits per heavy atom. The van der Waals surface area contributed by atoms with Gasteiger partial charge in [-0.2, -0.15) is 4.98 Å². The van der Waals surface area contributed by atoms with Crippen LogP contribution in [0, 0.1) is 13.8 Å². The quantitative estimate of drug-likeness (QED) is 0.172. The standard InChI is InChI=1S/C23H26N6O3S/c1-5-6-9-15-13(2)24-22-27-23(28-29(22)14(15)3)33-12-18(30)19(21(31)32-4)20-25-16-10-7-8-11-17(16)26-20/h7-8,10-11,30H,5-6,9,12H2,1-4H3,(H,25,26)/b19-18-. The molecule has 0 saturated heterocycles. The summed E-state index contributed by atoms with van der Waals surface area (Å²) in [4.78, 5) is 29.0. The van der Waals surface area contributed by atoms with Gasteiger partial charge in [0.05, 0.1) is 23.9 Å². The van der Waals surface area contributed by atoms with Crippen molar-refractivity contribution in [3.8, 4) is 0 Å². The zero-order chi connectivity index (χ0) is 23.5. The molecule has 10 heteroatoms. The number of hydrogen-bond donors (Lipinski definition) is 2. The maximum Gasteiger partial charge on any atom is 0.345 e. The predicted octanol–water partition coefficient (Wildman–Crippen LogP) is 4.19. The fraction of sp³-hybridized carbons (Fsp3) is 0.348. The van der Waals surface area contributed by atoms with Crippen molar-refractivity contribution in [3.63, 3.8) is 0 Å². The van der Waals surface area contributed by atoms with Crippen LogP contribution in [-0.4, -0.2) is 53.5 Å². The Hall–Kier alpha value is -3.40. The number of fused-ring (bicyclic) bond motifs is 2. The summed E-state index contributed by atoms with van der Waals surface area (Å²) < 4.78 is 6.62. The third-order valence-corrected chi connectivity index (χ3v) is 6.30. The van der Waals surface area contributed by atoms with E-state index in [0.717, 1.165) is 36.2 Å². The molecule has 172 valence electrons. The van der Waals surface area contributed by atoms with Crippen LogP contribution in [0.25, 0.3) is 22.4 Å². The minimum atomic E-state index is -0.677. The largest absolute Gasteiger partial charge is 0.510 e. The molecule has 4 aromatic rings. The lowest BCUT2D eigenvalue weighted by molar-refractivity contribution is -0.133. The molecule has 0 fully saturated rings. The molecule has 4 rings (SSSR count). The van der Waals surface area contributed by atoms with Crippen molar-refractivity contribution < 1.29 is 14.6 Å². The Morgan fingerprint density at radius 1 is 1.21 bits per heavy atom. The number of para-hydroxylation sites is 2. The summed E-state index contributed by atoms with van der Waals surface area (Å²) in [6, 6.07) is 7.38. The van der Waals surface area contributed by atoms with E-state index in [9.17, 15) is 9.90 Å². The molecule has 1 aromatic carbocycles. The number of esters is 1. The molecule has 9 nitrogen and oxygen atoms in total. The molecule has 0 aliphatic rings. The first-order chi connectivity index (χ1) is 15.9. The SMILES string of the molecule is CCCCc1c(C)nc2nc(SC/C(O)=C(/C(=O)OC)c3nc4ccccc4[nH]3)nn2c1C. The van der Waals surface area contributed by atoms with E-state index in [-0.39, 0.29) is 22.9 Å². The second kappa shape index (κ2) is 9.62. The molecule has 0 spiro atoms. The summed E-state index contributed by atoms with van der Waals surface area (Å²) in [5.41, 5.74) is 4.59. The van der Waals surface area contributed by atoms with Gasteiger partial charge in [0.2, 0.25) is 5.16 Å². The maximum absolute atomic E-state index is 12.4. The molecule has 0 atom stereocenters. The van der Waals surface area contributed by atoms with Crippen LogP contribution in [0.2, 0.25) is 0 Å². The number of carbonyl (C=O) groups is 1. The second-order valence-corrected chi connectivity index (χ2v) is 8.62. The first-order valence-electron chi connectivity index (χ1n) is 10.7. The van der Waals surface area contributed by atoms with Crippen molar-refractivity contribution >= 4 is 40.1 Å². The number of nitrogens with zero attached hydrogens (tertiary/aromatic N) is 5. The Balaban J connectivity index is 1.63. The zero-order valence-electron chi connectivity index (χ0n) is 19.0. The van der Waals surface area contributed by atoms with Crippen molar-refractivity contribution in [2.75, 3.05) is 12.9 Å². The number of aliphatic hydroxyl groups is 1. The molecule has 0 aliphatic carbocycles. The Bertz CT molecular complexity index is 1320. The van der Waals surface area contributed by atoms with Gasteiger partial charge < -0.3 is 14.8 Å². The number of imidazole rings is 1. The number of methoxy groups -OCH3 is 1. The number of aliphatic hydroxyl groups excluding tert-OH is 1. The van der Waals surface area contributed by atoms with Gasteiger partial charge in [-0.25, -0.2) is 19.3 Å². The highest BCUT2D eigenvalue weighted by Crippen LogP contribution is 2.25. The number of thioether (sulfide) groups is 1. The van der Waals surface area contributed by atoms with E-state index in [0.29, 0.717) is 16.5 Å². The molecule has 0 radical (unpaired) electrons. The summed E-state index contributed by atoms with van der Waals surface area (Å²) in [7, 11) is 1.27. The molecule has 2 N–H and O–H groups in total. The number of H-pyrrole nitrogens is 1. The number of aryl methyl sites for hydroxylation is 2. The lowest BCUT2D eigenvalue weighted by Gasteiger charge is -2.09. The van der Waals surface area contributed by atoms with Crippen LogP contribution in [-0.2, 0) is 16.0 Å². The van der Waals surface area contributed by atoms with Crippen molar-refractivity contribution in [1.29, 1.82) is 0 Å². The zero-order valence-corrected chi connectivity index (χ0v) is 19.9. The van der Waals surface area contributed by atoms with Gasteiger partial charge in [-0.1, -0.05) is 37.2 Å². The normalized spacial score (nSPS) is 12.4. The van der Waals surface area contributed by atoms with Gasteiger partial charge >= 0.3 is 5.97 Å². The van der Waals surface area contributed by atoms with Gasteiger partial charge in [-0.3, -0.25) is 0 Å². The average molecular weight is 467 g/mol. The van der Waals surface area contributed by atoms with E-state index in [2.05, 4.69) is 32.0 Å². The number of aromatic nitrogens is 6. The van der Waals surface area contributed by atoms with Crippen molar-refractivity contribution in [2.24, 2.45) is 0 Å². The molecule has 0 bridgehead atoms. The van der Waals surface area contributed by atoms with Gasteiger partial charge in [0.1, 0.15) is 17.2 Å². The molecule has 3 heterocycles. The molecule has 3 aromatic heterocycles. The topological polar surface area (TPSA) is 118 Å². The molecule has 33 heavy (non-hydrogen) atoms. The molecule has 0 aliphatic heterocycles. The first-order valence-corrected chi connectivity index (χ1v) is 11.7. The van der Waals surface area contributed by atoms with E-state index in [4.69, 9.17) is 4.74 Å². The van der Waals surface area contributed by atoms with E-state index < -0.39 is 5.97 Å². The summed E-state index contributed by atoms with van der Waals surface area (Å²) in [6.45, 7) is 6.17. The van der Waals surface area contributed by atoms with Crippen molar-refractivity contribution in [2.45, 2.75) is 45.2 Å². The van der Waals surface area contributed by atoms with Gasteiger partial charge in [0.15, 0.2) is 0 Å². The Morgan fingerprint density at radius 3 is 2.73 bits per heavy atom. The molecule has 0 unspecified atom stereocenters. The number of ether oxygens (including phenoxy) is 1. The lowest BCUT2D eigenvalue weighted by atomic mass is 10.1. The fourth-order valence-electron chi connectivity index (χ4n) is 3.70. The van der Waals surface area contributed by atoms with Crippen LogP contribution >= 0.6 is 11.8 Å². The Labute approximate surface area is 195 Å². The second-order valence-electron chi connectivity index (χ2n) is 7.68. The third kappa shape index (κ3) is 4.56. The van der Waals surface area contributed by atoms with Crippen LogP contribution in [0.1, 0.15) is 42.5 Å². The highest BCUT2D eigenvalue weighted by Gasteiger charge is 2.23. The van der Waals surface area contributed by atoms with E-state index in [1.54, 1.807) is 4.52 Å². The van der Waals surface area contributed by atoms with E-state index >= 15 is 0 Å². The number of unbranched alkanes of at least 4 members (excludes halogenated alkanes) is 1. The molecule has 0 saturated carbocycles. The van der Waals surface area contributed by atoms with Crippen molar-refractivity contribution in [1.82, 2.24) is 29.5 Å².